The van der Waals surface area contributed by atoms with Crippen molar-refractivity contribution in [3.63, 3.8) is 0 Å². The van der Waals surface area contributed by atoms with Crippen LogP contribution in [0.15, 0.2) is 54.6 Å². The van der Waals surface area contributed by atoms with Crippen LogP contribution in [0, 0.1) is 5.82 Å². The van der Waals surface area contributed by atoms with Crippen LogP contribution in [0.5, 0.6) is 0 Å². The maximum absolute atomic E-state index is 13.3. The molecule has 1 heterocycles. The Morgan fingerprint density at radius 2 is 1.73 bits per heavy atom. The van der Waals surface area contributed by atoms with E-state index in [0.29, 0.717) is 12.1 Å². The number of urea groups is 1. The van der Waals surface area contributed by atoms with Gasteiger partial charge in [-0.3, -0.25) is 10.1 Å². The molecule has 0 radical (unpaired) electrons. The first-order valence-corrected chi connectivity index (χ1v) is 10.7. The molecule has 9 heteroatoms. The molecule has 4 rings (SSSR count). The first-order chi connectivity index (χ1) is 16.0. The second kappa shape index (κ2) is 10.1. The summed E-state index contributed by atoms with van der Waals surface area (Å²) in [6, 6.07) is 14.4. The molecule has 0 bridgehead atoms. The third-order valence-corrected chi connectivity index (χ3v) is 5.33. The van der Waals surface area contributed by atoms with Crippen molar-refractivity contribution in [1.29, 1.82) is 0 Å². The maximum atomic E-state index is 13.3. The Bertz CT molecular complexity index is 1160. The number of esters is 1. The molecule has 0 aliphatic heterocycles. The Balaban J connectivity index is 1.36. The summed E-state index contributed by atoms with van der Waals surface area (Å²) in [5, 5.41) is 9.09. The Labute approximate surface area is 189 Å². The van der Waals surface area contributed by atoms with E-state index in [0.717, 1.165) is 36.1 Å². The fourth-order valence-electron chi connectivity index (χ4n) is 3.74. The number of imide groups is 1. The number of halogens is 1. The van der Waals surface area contributed by atoms with Gasteiger partial charge in [-0.25, -0.2) is 18.7 Å². The molecule has 0 spiro atoms. The van der Waals surface area contributed by atoms with Crippen LogP contribution in [0.25, 0.3) is 5.69 Å². The van der Waals surface area contributed by atoms with Gasteiger partial charge >= 0.3 is 12.0 Å². The molecule has 0 fully saturated rings. The highest BCUT2D eigenvalue weighted by Gasteiger charge is 2.27. The molecule has 3 amide bonds. The van der Waals surface area contributed by atoms with E-state index in [1.54, 1.807) is 16.8 Å². The fourth-order valence-corrected chi connectivity index (χ4v) is 3.74. The average Bonchev–Trinajstić information content (AvgIpc) is 3.22. The molecule has 170 valence electrons. The third kappa shape index (κ3) is 5.43. The summed E-state index contributed by atoms with van der Waals surface area (Å²) >= 11 is 0. The lowest BCUT2D eigenvalue weighted by Crippen LogP contribution is -2.41. The number of benzene rings is 2. The van der Waals surface area contributed by atoms with Gasteiger partial charge in [-0.2, -0.15) is 5.10 Å². The quantitative estimate of drug-likeness (QED) is 0.562. The van der Waals surface area contributed by atoms with E-state index in [1.807, 2.05) is 30.3 Å². The van der Waals surface area contributed by atoms with E-state index >= 15 is 0 Å². The van der Waals surface area contributed by atoms with Crippen LogP contribution in [0.1, 0.15) is 40.2 Å². The smallest absolute Gasteiger partial charge is 0.359 e. The van der Waals surface area contributed by atoms with Crippen molar-refractivity contribution in [2.24, 2.45) is 0 Å². The number of amides is 3. The lowest BCUT2D eigenvalue weighted by molar-refractivity contribution is -0.123. The van der Waals surface area contributed by atoms with Crippen molar-refractivity contribution in [1.82, 2.24) is 20.4 Å². The van der Waals surface area contributed by atoms with E-state index in [4.69, 9.17) is 4.74 Å². The van der Waals surface area contributed by atoms with Crippen molar-refractivity contribution in [2.45, 2.75) is 32.2 Å². The number of fused-ring (bicyclic) bond motifs is 1. The molecule has 8 nitrogen and oxygen atoms in total. The number of carbonyl (C=O) groups is 3. The second-order valence-corrected chi connectivity index (χ2v) is 7.66. The lowest BCUT2D eigenvalue weighted by Gasteiger charge is -2.14. The standard InChI is InChI=1S/C24H23FN4O4/c25-17-10-12-18(13-11-17)29-20-9-5-4-8-19(20)22(28-29)23(31)33-15-21(30)27-24(32)26-14-16-6-2-1-3-7-16/h1-3,6-7,10-13H,4-5,8-9,14-15H2,(H2,26,27,30,32). The van der Waals surface area contributed by atoms with Gasteiger partial charge in [-0.1, -0.05) is 30.3 Å². The average molecular weight is 450 g/mol. The normalized spacial score (nSPS) is 12.5. The highest BCUT2D eigenvalue weighted by molar-refractivity contribution is 5.97. The molecular formula is C24H23FN4O4. The second-order valence-electron chi connectivity index (χ2n) is 7.66. The molecule has 0 atom stereocenters. The summed E-state index contributed by atoms with van der Waals surface area (Å²) in [6.45, 7) is -0.359. The van der Waals surface area contributed by atoms with Gasteiger partial charge < -0.3 is 10.1 Å². The Morgan fingerprint density at radius 1 is 1.00 bits per heavy atom. The van der Waals surface area contributed by atoms with Crippen molar-refractivity contribution in [3.05, 3.63) is 82.9 Å². The summed E-state index contributed by atoms with van der Waals surface area (Å²) in [5.41, 5.74) is 3.31. The van der Waals surface area contributed by atoms with Crippen LogP contribution in [0.2, 0.25) is 0 Å². The van der Waals surface area contributed by atoms with Crippen LogP contribution in [0.4, 0.5) is 9.18 Å². The van der Waals surface area contributed by atoms with E-state index in [9.17, 15) is 18.8 Å². The van der Waals surface area contributed by atoms with Crippen LogP contribution in [0.3, 0.4) is 0 Å². The zero-order valence-electron chi connectivity index (χ0n) is 17.8. The van der Waals surface area contributed by atoms with Gasteiger partial charge in [0.2, 0.25) is 0 Å². The van der Waals surface area contributed by atoms with Gasteiger partial charge in [0, 0.05) is 17.8 Å². The zero-order chi connectivity index (χ0) is 23.2. The van der Waals surface area contributed by atoms with Crippen LogP contribution in [-0.2, 0) is 28.9 Å². The van der Waals surface area contributed by atoms with Gasteiger partial charge in [-0.15, -0.1) is 0 Å². The Kier molecular flexibility index (Phi) is 6.77. The molecule has 1 aliphatic carbocycles. The highest BCUT2D eigenvalue weighted by Crippen LogP contribution is 2.27. The first kappa shape index (κ1) is 22.2. The van der Waals surface area contributed by atoms with Gasteiger partial charge in [-0.05, 0) is 55.5 Å². The molecular weight excluding hydrogens is 427 g/mol. The summed E-state index contributed by atoms with van der Waals surface area (Å²) in [4.78, 5) is 36.6. The molecule has 1 aliphatic rings. The van der Waals surface area contributed by atoms with Crippen LogP contribution in [-0.4, -0.2) is 34.3 Å². The van der Waals surface area contributed by atoms with Crippen LogP contribution >= 0.6 is 0 Å². The van der Waals surface area contributed by atoms with Gasteiger partial charge in [0.25, 0.3) is 5.91 Å². The number of hydrogen-bond donors (Lipinski definition) is 2. The molecule has 0 saturated carbocycles. The van der Waals surface area contributed by atoms with Crippen LogP contribution < -0.4 is 10.6 Å². The molecule has 33 heavy (non-hydrogen) atoms. The van der Waals surface area contributed by atoms with Crippen molar-refractivity contribution >= 4 is 17.9 Å². The first-order valence-electron chi connectivity index (χ1n) is 10.7. The summed E-state index contributed by atoms with van der Waals surface area (Å²) < 4.78 is 20.1. The van der Waals surface area contributed by atoms with Crippen molar-refractivity contribution < 1.29 is 23.5 Å². The number of nitrogens with zero attached hydrogens (tertiary/aromatic N) is 2. The van der Waals surface area contributed by atoms with E-state index in [-0.39, 0.29) is 18.1 Å². The monoisotopic (exact) mass is 450 g/mol. The Morgan fingerprint density at radius 3 is 2.48 bits per heavy atom. The summed E-state index contributed by atoms with van der Waals surface area (Å²) in [7, 11) is 0. The van der Waals surface area contributed by atoms with E-state index < -0.39 is 24.5 Å². The predicted molar refractivity (Wildman–Crippen MR) is 117 cm³/mol. The topological polar surface area (TPSA) is 102 Å². The number of carbonyl (C=O) groups excluding carboxylic acids is 3. The SMILES string of the molecule is O=C(COC(=O)c1nn(-c2ccc(F)cc2)c2c1CCCC2)NC(=O)NCc1ccccc1. The third-order valence-electron chi connectivity index (χ3n) is 5.33. The Hall–Kier alpha value is -4.01. The van der Waals surface area contributed by atoms with Crippen molar-refractivity contribution in [3.8, 4) is 5.69 Å². The largest absolute Gasteiger partial charge is 0.451 e. The number of aromatic nitrogens is 2. The molecule has 3 aromatic rings. The molecule has 2 N–H and O–H groups in total. The minimum atomic E-state index is -0.749. The molecule has 2 aromatic carbocycles. The van der Waals surface area contributed by atoms with Gasteiger partial charge in [0.05, 0.1) is 5.69 Å². The minimum Gasteiger partial charge on any atom is -0.451 e. The number of rotatable bonds is 6. The summed E-state index contributed by atoms with van der Waals surface area (Å²) in [6.07, 6.45) is 3.25. The zero-order valence-corrected chi connectivity index (χ0v) is 17.8. The van der Waals surface area contributed by atoms with Crippen molar-refractivity contribution in [2.75, 3.05) is 6.61 Å². The summed E-state index contributed by atoms with van der Waals surface area (Å²) in [5.74, 6) is -1.85. The fraction of sp³-hybridized carbons (Fsp3) is 0.250. The van der Waals surface area contributed by atoms with Gasteiger partial charge in [0.15, 0.2) is 12.3 Å². The minimum absolute atomic E-state index is 0.135. The maximum Gasteiger partial charge on any atom is 0.359 e. The lowest BCUT2D eigenvalue weighted by atomic mass is 9.95. The molecule has 0 saturated heterocycles. The number of ether oxygens (including phenoxy) is 1. The predicted octanol–water partition coefficient (Wildman–Crippen LogP) is 3.07. The van der Waals surface area contributed by atoms with E-state index in [2.05, 4.69) is 15.7 Å². The van der Waals surface area contributed by atoms with Gasteiger partial charge in [0.1, 0.15) is 5.82 Å². The number of nitrogens with one attached hydrogen (secondary N) is 2. The molecule has 0 unspecified atom stereocenters. The highest BCUT2D eigenvalue weighted by atomic mass is 19.1. The van der Waals surface area contributed by atoms with E-state index in [1.165, 1.54) is 12.1 Å². The number of hydrogen-bond acceptors (Lipinski definition) is 5. The molecule has 1 aromatic heterocycles.